The number of nitrogens with two attached hydrogens (primary N) is 2. The van der Waals surface area contributed by atoms with E-state index in [-0.39, 0.29) is 53.6 Å². The normalized spacial score (nSPS) is 17.1. The first-order valence-electron chi connectivity index (χ1n) is 36.2. The van der Waals surface area contributed by atoms with Gasteiger partial charge < -0.3 is 46.6 Å². The number of rotatable bonds is 26. The second kappa shape index (κ2) is 39.9. The summed E-state index contributed by atoms with van der Waals surface area (Å²) in [5, 5.41) is 15.0. The van der Waals surface area contributed by atoms with E-state index in [1.54, 1.807) is 65.0 Å². The van der Waals surface area contributed by atoms with Crippen molar-refractivity contribution in [3.63, 3.8) is 0 Å². The van der Waals surface area contributed by atoms with Gasteiger partial charge in [-0.2, -0.15) is 0 Å². The van der Waals surface area contributed by atoms with Crippen molar-refractivity contribution in [2.75, 3.05) is 35.8 Å². The first-order chi connectivity index (χ1) is 50.7. The molecular weight excluding hydrogens is 1350 g/mol. The number of carboxylic acids is 1. The molecule has 3 aliphatic heterocycles. The number of fused-ring (bicyclic) bond motifs is 3. The van der Waals surface area contributed by atoms with Crippen molar-refractivity contribution < 1.29 is 53.0 Å². The third-order valence-electron chi connectivity index (χ3n) is 18.2. The fraction of sp³-hybridized carbons (Fsp3) is 0.372. The van der Waals surface area contributed by atoms with Crippen LogP contribution in [0.25, 0.3) is 0 Å². The summed E-state index contributed by atoms with van der Waals surface area (Å²) in [4.78, 5) is 133. The number of Topliss-reactive ketones (excluding diaryl/α,β-unsaturated/α-hetero) is 1. The molecule has 6 aromatic carbocycles. The van der Waals surface area contributed by atoms with Gasteiger partial charge in [0.2, 0.25) is 30.1 Å². The summed E-state index contributed by atoms with van der Waals surface area (Å²) in [5.74, 6) is -7.05. The molecule has 3 unspecified atom stereocenters. The van der Waals surface area contributed by atoms with Crippen molar-refractivity contribution in [3.05, 3.63) is 235 Å². The van der Waals surface area contributed by atoms with E-state index in [0.717, 1.165) is 50.5 Å². The van der Waals surface area contributed by atoms with Gasteiger partial charge in [0.25, 0.3) is 17.7 Å². The van der Waals surface area contributed by atoms with Gasteiger partial charge >= 0.3 is 11.9 Å². The summed E-state index contributed by atoms with van der Waals surface area (Å²) in [6.07, 6.45) is 4.13. The molecule has 0 aliphatic carbocycles. The Hall–Kier alpha value is -11.1. The maximum absolute atomic E-state index is 13.5. The van der Waals surface area contributed by atoms with E-state index < -0.39 is 83.4 Å². The number of nitrogens with zero attached hydrogens (tertiary/aromatic N) is 6. The number of hydrogen-bond acceptors (Lipinski definition) is 14. The van der Waals surface area contributed by atoms with Gasteiger partial charge in [0.15, 0.2) is 6.17 Å². The summed E-state index contributed by atoms with van der Waals surface area (Å²) in [7, 11) is 5.08. The zero-order valence-corrected chi connectivity index (χ0v) is 64.0. The van der Waals surface area contributed by atoms with E-state index in [1.807, 2.05) is 205 Å². The molecule has 21 nitrogen and oxygen atoms in total. The first-order valence-corrected chi connectivity index (χ1v) is 36.2. The van der Waals surface area contributed by atoms with Crippen LogP contribution >= 0.6 is 0 Å². The molecule has 7 N–H and O–H groups in total. The number of esters is 1. The Labute approximate surface area is 630 Å². The molecule has 21 heteroatoms. The Morgan fingerprint density at radius 3 is 1.11 bits per heavy atom. The number of ether oxygens (including phenoxy) is 1. The summed E-state index contributed by atoms with van der Waals surface area (Å²) in [6.45, 7) is 29.7. The minimum Gasteiger partial charge on any atom is -0.481 e. The van der Waals surface area contributed by atoms with Crippen LogP contribution in [0.15, 0.2) is 217 Å². The van der Waals surface area contributed by atoms with Crippen molar-refractivity contribution in [2.24, 2.45) is 79.7 Å². The number of likely N-dealkylation sites (N-methyl/N-ethyl adjacent to an activating group) is 3. The molecule has 0 spiro atoms. The minimum atomic E-state index is -1.15. The molecule has 9 rings (SSSR count). The number of para-hydroxylation sites is 3. The number of primary amides is 1. The molecule has 0 saturated carbocycles. The number of ketones is 1. The van der Waals surface area contributed by atoms with E-state index in [0.29, 0.717) is 49.2 Å². The minimum absolute atomic E-state index is 0.0640. The number of anilines is 3. The van der Waals surface area contributed by atoms with E-state index in [1.165, 1.54) is 16.7 Å². The SMILES string of the molecule is C=CC[C@H](C(=O)OC(C)(C)C)[C@@H](CC(C)C)C(=O)O.C=CC[C@H](C(C)=O)[C@@H](CC(C)C)C(=O)NC1N=C(c2ccccc2)c2ccccc2N(C)C1=O.C=CC[C@H](C(N)=O)[C@@H](CC(C)C)C(=O)NC1N=C(c2ccccc2)c2ccccc2N(C)C1=O.CN1C(=O)C(N)N=C(c2ccccc2)c2ccccc21. The fourth-order valence-corrected chi connectivity index (χ4v) is 13.0. The third-order valence-corrected chi connectivity index (χ3v) is 18.2. The molecule has 0 aromatic heterocycles. The van der Waals surface area contributed by atoms with E-state index >= 15 is 0 Å². The number of hydrogen-bond donors (Lipinski definition) is 5. The molecule has 0 fully saturated rings. The van der Waals surface area contributed by atoms with Gasteiger partial charge in [0.1, 0.15) is 11.4 Å². The number of benzodiazepines with no additional fused rings is 3. The Morgan fingerprint density at radius 2 is 0.785 bits per heavy atom. The van der Waals surface area contributed by atoms with Crippen LogP contribution in [0.4, 0.5) is 17.1 Å². The highest BCUT2D eigenvalue weighted by atomic mass is 16.6. The lowest BCUT2D eigenvalue weighted by Crippen LogP contribution is -2.50. The van der Waals surface area contributed by atoms with Gasteiger partial charge in [0.05, 0.1) is 57.9 Å². The summed E-state index contributed by atoms with van der Waals surface area (Å²) >= 11 is 0. The van der Waals surface area contributed by atoms with Crippen molar-refractivity contribution in [1.29, 1.82) is 0 Å². The number of aliphatic carboxylic acids is 1. The molecule has 3 aliphatic rings. The number of benzene rings is 6. The van der Waals surface area contributed by atoms with Gasteiger partial charge in [0, 0.05) is 66.4 Å². The molecule has 107 heavy (non-hydrogen) atoms. The molecular formula is C86H106N10O11. The first kappa shape index (κ1) is 84.9. The monoisotopic (exact) mass is 1450 g/mol. The lowest BCUT2D eigenvalue weighted by molar-refractivity contribution is -0.167. The summed E-state index contributed by atoms with van der Waals surface area (Å²) in [5.41, 5.74) is 20.3. The smallest absolute Gasteiger partial charge is 0.310 e. The zero-order valence-electron chi connectivity index (χ0n) is 64.0. The summed E-state index contributed by atoms with van der Waals surface area (Å²) in [6, 6.07) is 51.7. The summed E-state index contributed by atoms with van der Waals surface area (Å²) < 4.78 is 5.32. The number of aliphatic imine (C=N–C) groups is 3. The number of allylic oxidation sites excluding steroid dienone is 3. The van der Waals surface area contributed by atoms with Crippen LogP contribution in [0.2, 0.25) is 0 Å². The Bertz CT molecular complexity index is 4050. The van der Waals surface area contributed by atoms with Crippen LogP contribution in [0.5, 0.6) is 0 Å². The number of amides is 6. The molecule has 566 valence electrons. The number of carbonyl (C=O) groups excluding carboxylic acids is 8. The predicted molar refractivity (Wildman–Crippen MR) is 425 cm³/mol. The number of nitrogens with one attached hydrogen (secondary N) is 2. The largest absolute Gasteiger partial charge is 0.481 e. The second-order valence-electron chi connectivity index (χ2n) is 29.0. The molecule has 0 saturated heterocycles. The molecule has 6 aromatic rings. The average Bonchev–Trinajstić information content (AvgIpc) is 1.67. The topological polar surface area (TPSA) is 306 Å². The fourth-order valence-electron chi connectivity index (χ4n) is 13.0. The lowest BCUT2D eigenvalue weighted by atomic mass is 9.80. The second-order valence-corrected chi connectivity index (χ2v) is 29.0. The van der Waals surface area contributed by atoms with Crippen LogP contribution in [0.1, 0.15) is 141 Å². The molecule has 9 atom stereocenters. The Balaban J connectivity index is 0.000000231. The van der Waals surface area contributed by atoms with Gasteiger partial charge in [-0.3, -0.25) is 48.1 Å². The standard InChI is InChI=1S/C28H33N3O3.C27H32N4O3.C16H15N3O.C15H26O4/c1-6-12-21(19(4)32)23(17-18(2)3)27(33)30-26-28(34)31(5)24-16-11-10-15-22(24)25(29-26)20-13-8-7-9-14-20;1-5-11-19(24(28)32)21(16-17(2)3)26(33)30-25-27(34)31(4)22-15-10-9-14-20(22)23(29-25)18-12-7-6-8-13-18;1-19-13-10-6-5-9-12(13)14(18-15(17)16(19)20)11-7-3-2-4-8-11;1-7-8-11(14(18)19-15(4,5)6)12(13(16)17)9-10(2)3/h6-11,13-16,18,21,23,26H,1,12,17H2,2-5H3,(H,30,33);5-10,12-15,17,19,21,25H,1,11,16H2,2-4H3,(H2,28,32)(H,30,33);2-10,15H,17H2,1H3;7,10-12H,1,8-9H2,2-6H3,(H,16,17)/t21-,23-,26?;19-,21+,25?;;11-,12+/m10.0/s1. The maximum Gasteiger partial charge on any atom is 0.310 e. The van der Waals surface area contributed by atoms with Crippen LogP contribution in [-0.2, 0) is 47.9 Å². The highest BCUT2D eigenvalue weighted by Crippen LogP contribution is 2.34. The third kappa shape index (κ3) is 23.2. The van der Waals surface area contributed by atoms with Gasteiger partial charge in [-0.05, 0) is 102 Å². The van der Waals surface area contributed by atoms with Crippen LogP contribution in [0.3, 0.4) is 0 Å². The molecule has 6 amide bonds. The van der Waals surface area contributed by atoms with E-state index in [2.05, 4.69) is 35.4 Å². The van der Waals surface area contributed by atoms with Crippen molar-refractivity contribution in [3.8, 4) is 0 Å². The van der Waals surface area contributed by atoms with Crippen LogP contribution < -0.4 is 36.8 Å². The molecule has 3 heterocycles. The van der Waals surface area contributed by atoms with E-state index in [9.17, 15) is 48.3 Å². The average molecular weight is 1460 g/mol. The van der Waals surface area contributed by atoms with Crippen LogP contribution in [0, 0.1) is 53.3 Å². The highest BCUT2D eigenvalue weighted by Gasteiger charge is 2.40. The maximum atomic E-state index is 13.5. The quantitative estimate of drug-likeness (QED) is 0.0250. The molecule has 0 radical (unpaired) electrons. The number of carbonyl (C=O) groups is 9. The number of carboxylic acid groups (broad SMARTS) is 1. The van der Waals surface area contributed by atoms with Crippen LogP contribution in [-0.4, -0.2) is 121 Å². The molecule has 0 bridgehead atoms. The zero-order chi connectivity index (χ0) is 79.0. The predicted octanol–water partition coefficient (Wildman–Crippen LogP) is 12.7. The van der Waals surface area contributed by atoms with Gasteiger partial charge in [-0.1, -0.05) is 205 Å². The van der Waals surface area contributed by atoms with Crippen molar-refractivity contribution >= 4 is 87.4 Å². The Morgan fingerprint density at radius 1 is 0.477 bits per heavy atom. The Kier molecular flexibility index (Phi) is 31.6. The highest BCUT2D eigenvalue weighted by molar-refractivity contribution is 6.22. The van der Waals surface area contributed by atoms with Gasteiger partial charge in [-0.15, -0.1) is 19.7 Å². The van der Waals surface area contributed by atoms with Crippen molar-refractivity contribution in [1.82, 2.24) is 10.6 Å². The van der Waals surface area contributed by atoms with Gasteiger partial charge in [-0.25, -0.2) is 9.98 Å². The van der Waals surface area contributed by atoms with E-state index in [4.69, 9.17) is 26.2 Å². The van der Waals surface area contributed by atoms with Crippen molar-refractivity contribution in [2.45, 2.75) is 132 Å². The lowest BCUT2D eigenvalue weighted by Gasteiger charge is -2.27.